The van der Waals surface area contributed by atoms with Crippen LogP contribution in [0.1, 0.15) is 16.8 Å². The lowest BCUT2D eigenvalue weighted by Crippen LogP contribution is -2.52. The van der Waals surface area contributed by atoms with Crippen LogP contribution in [0.4, 0.5) is 0 Å². The summed E-state index contributed by atoms with van der Waals surface area (Å²) in [5.74, 6) is 0.635. The van der Waals surface area contributed by atoms with Gasteiger partial charge >= 0.3 is 0 Å². The van der Waals surface area contributed by atoms with Crippen molar-refractivity contribution in [1.29, 1.82) is 0 Å². The van der Waals surface area contributed by atoms with Crippen molar-refractivity contribution < 1.29 is 14.6 Å². The van der Waals surface area contributed by atoms with E-state index in [0.717, 1.165) is 26.2 Å². The van der Waals surface area contributed by atoms with Gasteiger partial charge in [0.2, 0.25) is 0 Å². The van der Waals surface area contributed by atoms with E-state index in [1.54, 1.807) is 24.1 Å². The Morgan fingerprint density at radius 1 is 1.25 bits per heavy atom. The number of rotatable bonds is 4. The molecule has 0 aromatic heterocycles. The van der Waals surface area contributed by atoms with Crippen LogP contribution in [0.5, 0.6) is 5.75 Å². The van der Waals surface area contributed by atoms with Gasteiger partial charge < -0.3 is 19.6 Å². The van der Waals surface area contributed by atoms with E-state index in [9.17, 15) is 9.90 Å². The number of nitrogens with zero attached hydrogens (tertiary/aromatic N) is 3. The topological polar surface area (TPSA) is 56.2 Å². The van der Waals surface area contributed by atoms with Crippen LogP contribution in [0.15, 0.2) is 24.3 Å². The maximum Gasteiger partial charge on any atom is 0.254 e. The third kappa shape index (κ3) is 3.88. The molecule has 132 valence electrons. The second-order valence-electron chi connectivity index (χ2n) is 7.01. The average Bonchev–Trinajstić information content (AvgIpc) is 2.98. The quantitative estimate of drug-likeness (QED) is 0.871. The molecule has 6 nitrogen and oxygen atoms in total. The van der Waals surface area contributed by atoms with Gasteiger partial charge in [-0.1, -0.05) is 6.07 Å². The minimum atomic E-state index is -0.801. The Bertz CT molecular complexity index is 587. The molecule has 0 spiro atoms. The van der Waals surface area contributed by atoms with Crippen LogP contribution in [0, 0.1) is 0 Å². The van der Waals surface area contributed by atoms with Crippen LogP contribution in [0.3, 0.4) is 0 Å². The molecule has 0 radical (unpaired) electrons. The maximum absolute atomic E-state index is 12.7. The number of methoxy groups -OCH3 is 1. The van der Waals surface area contributed by atoms with E-state index >= 15 is 0 Å². The predicted molar refractivity (Wildman–Crippen MR) is 92.4 cm³/mol. The number of carbonyl (C=O) groups excluding carboxylic acids is 1. The molecule has 0 bridgehead atoms. The third-order valence-electron chi connectivity index (χ3n) is 5.05. The minimum Gasteiger partial charge on any atom is -0.497 e. The lowest BCUT2D eigenvalue weighted by Gasteiger charge is -2.36. The number of amides is 1. The van der Waals surface area contributed by atoms with Crippen LogP contribution < -0.4 is 4.74 Å². The predicted octanol–water partition coefficient (Wildman–Crippen LogP) is 0.520. The molecular weight excluding hydrogens is 306 g/mol. The molecule has 1 aromatic rings. The molecule has 2 heterocycles. The SMILES string of the molecule is COc1cccc(C(=O)N2CC[C@](O)(CN3CCN(C)CC3)C2)c1. The van der Waals surface area contributed by atoms with E-state index in [-0.39, 0.29) is 5.91 Å². The van der Waals surface area contributed by atoms with E-state index in [0.29, 0.717) is 37.4 Å². The van der Waals surface area contributed by atoms with Crippen molar-refractivity contribution in [2.75, 3.05) is 60.0 Å². The zero-order chi connectivity index (χ0) is 17.2. The van der Waals surface area contributed by atoms with Gasteiger partial charge in [-0.25, -0.2) is 0 Å². The Morgan fingerprint density at radius 2 is 2.00 bits per heavy atom. The number of ether oxygens (including phenoxy) is 1. The van der Waals surface area contributed by atoms with Crippen LogP contribution in [0.2, 0.25) is 0 Å². The number of likely N-dealkylation sites (tertiary alicyclic amines) is 1. The van der Waals surface area contributed by atoms with Gasteiger partial charge in [0.15, 0.2) is 0 Å². The van der Waals surface area contributed by atoms with Crippen molar-refractivity contribution in [3.05, 3.63) is 29.8 Å². The van der Waals surface area contributed by atoms with Crippen molar-refractivity contribution in [3.63, 3.8) is 0 Å². The fourth-order valence-corrected chi connectivity index (χ4v) is 3.52. The number of hydrogen-bond acceptors (Lipinski definition) is 5. The molecule has 2 aliphatic heterocycles. The van der Waals surface area contributed by atoms with Gasteiger partial charge in [-0.2, -0.15) is 0 Å². The second-order valence-corrected chi connectivity index (χ2v) is 7.01. The second kappa shape index (κ2) is 7.09. The summed E-state index contributed by atoms with van der Waals surface area (Å²) in [6, 6.07) is 7.19. The van der Waals surface area contributed by atoms with E-state index in [1.165, 1.54) is 0 Å². The summed E-state index contributed by atoms with van der Waals surface area (Å²) >= 11 is 0. The Morgan fingerprint density at radius 3 is 2.71 bits per heavy atom. The summed E-state index contributed by atoms with van der Waals surface area (Å²) in [5, 5.41) is 10.9. The Hall–Kier alpha value is -1.63. The van der Waals surface area contributed by atoms with Gasteiger partial charge in [0, 0.05) is 44.8 Å². The molecule has 1 amide bonds. The summed E-state index contributed by atoms with van der Waals surface area (Å²) in [5.41, 5.74) is -0.192. The summed E-state index contributed by atoms with van der Waals surface area (Å²) in [6.45, 7) is 5.65. The Kier molecular flexibility index (Phi) is 5.08. The molecule has 1 atom stereocenters. The number of β-amino-alcohol motifs (C(OH)–C–C–N with tert-alkyl or cyclic N) is 1. The first-order valence-electron chi connectivity index (χ1n) is 8.56. The van der Waals surface area contributed by atoms with Gasteiger partial charge in [-0.3, -0.25) is 9.69 Å². The Labute approximate surface area is 143 Å². The third-order valence-corrected chi connectivity index (χ3v) is 5.05. The fraction of sp³-hybridized carbons (Fsp3) is 0.611. The van der Waals surface area contributed by atoms with Gasteiger partial charge in [0.1, 0.15) is 5.75 Å². The van der Waals surface area contributed by atoms with E-state index < -0.39 is 5.60 Å². The summed E-state index contributed by atoms with van der Waals surface area (Å²) < 4.78 is 5.19. The van der Waals surface area contributed by atoms with E-state index in [1.807, 2.05) is 12.1 Å². The average molecular weight is 333 g/mol. The highest BCUT2D eigenvalue weighted by molar-refractivity contribution is 5.94. The molecule has 2 fully saturated rings. The lowest BCUT2D eigenvalue weighted by molar-refractivity contribution is 0.000525. The maximum atomic E-state index is 12.7. The largest absolute Gasteiger partial charge is 0.497 e. The van der Waals surface area contributed by atoms with Crippen molar-refractivity contribution in [2.45, 2.75) is 12.0 Å². The first kappa shape index (κ1) is 17.2. The van der Waals surface area contributed by atoms with Crippen LogP contribution in [-0.4, -0.2) is 91.3 Å². The summed E-state index contributed by atoms with van der Waals surface area (Å²) in [4.78, 5) is 19.0. The fourth-order valence-electron chi connectivity index (χ4n) is 3.52. The van der Waals surface area contributed by atoms with Crippen LogP contribution in [-0.2, 0) is 0 Å². The normalized spacial score (nSPS) is 25.9. The van der Waals surface area contributed by atoms with Crippen molar-refractivity contribution >= 4 is 5.91 Å². The number of benzene rings is 1. The van der Waals surface area contributed by atoms with Gasteiger partial charge in [-0.05, 0) is 31.7 Å². The number of hydrogen-bond donors (Lipinski definition) is 1. The smallest absolute Gasteiger partial charge is 0.254 e. The number of aliphatic hydroxyl groups is 1. The molecule has 6 heteroatoms. The monoisotopic (exact) mass is 333 g/mol. The molecule has 24 heavy (non-hydrogen) atoms. The van der Waals surface area contributed by atoms with Crippen molar-refractivity contribution in [3.8, 4) is 5.75 Å². The van der Waals surface area contributed by atoms with E-state index in [2.05, 4.69) is 16.8 Å². The molecule has 2 aliphatic rings. The van der Waals surface area contributed by atoms with Crippen molar-refractivity contribution in [2.24, 2.45) is 0 Å². The van der Waals surface area contributed by atoms with Crippen molar-refractivity contribution in [1.82, 2.24) is 14.7 Å². The summed E-state index contributed by atoms with van der Waals surface area (Å²) in [7, 11) is 3.71. The number of piperazine rings is 1. The van der Waals surface area contributed by atoms with Crippen LogP contribution in [0.25, 0.3) is 0 Å². The molecule has 3 rings (SSSR count). The molecule has 2 saturated heterocycles. The van der Waals surface area contributed by atoms with Gasteiger partial charge in [0.25, 0.3) is 5.91 Å². The molecule has 0 aliphatic carbocycles. The zero-order valence-corrected chi connectivity index (χ0v) is 14.6. The number of likely N-dealkylation sites (N-methyl/N-ethyl adjacent to an activating group) is 1. The van der Waals surface area contributed by atoms with E-state index in [4.69, 9.17) is 4.74 Å². The summed E-state index contributed by atoms with van der Waals surface area (Å²) in [6.07, 6.45) is 0.634. The lowest BCUT2D eigenvalue weighted by atomic mass is 10.0. The first-order valence-corrected chi connectivity index (χ1v) is 8.56. The zero-order valence-electron chi connectivity index (χ0n) is 14.6. The standard InChI is InChI=1S/C18H27N3O3/c1-19-8-10-20(11-9-19)13-18(23)6-7-21(14-18)17(22)15-4-3-5-16(12-15)24-2/h3-5,12,23H,6-11,13-14H2,1-2H3/t18-/m0/s1. The molecule has 1 N–H and O–H groups in total. The molecule has 1 aromatic carbocycles. The molecule has 0 unspecified atom stereocenters. The highest BCUT2D eigenvalue weighted by Gasteiger charge is 2.40. The van der Waals surface area contributed by atoms with Gasteiger partial charge in [0.05, 0.1) is 19.3 Å². The minimum absolute atomic E-state index is 0.0387. The first-order chi connectivity index (χ1) is 11.5. The Balaban J connectivity index is 1.60. The number of carbonyl (C=O) groups is 1. The van der Waals surface area contributed by atoms with Crippen LogP contribution >= 0.6 is 0 Å². The molecular formula is C18H27N3O3. The molecule has 0 saturated carbocycles. The van der Waals surface area contributed by atoms with Gasteiger partial charge in [-0.15, -0.1) is 0 Å². The highest BCUT2D eigenvalue weighted by Crippen LogP contribution is 2.25. The highest BCUT2D eigenvalue weighted by atomic mass is 16.5.